The monoisotopic (exact) mass is 469 g/mol. The lowest BCUT2D eigenvalue weighted by molar-refractivity contribution is -0.117. The zero-order valence-electron chi connectivity index (χ0n) is 17.3. The Labute approximate surface area is 185 Å². The third-order valence-corrected chi connectivity index (χ3v) is 7.87. The van der Waals surface area contributed by atoms with E-state index >= 15 is 0 Å². The molecule has 1 aliphatic heterocycles. The molecule has 10 heteroatoms. The number of hydrogen-bond donors (Lipinski definition) is 1. The van der Waals surface area contributed by atoms with Crippen molar-refractivity contribution in [2.24, 2.45) is 0 Å². The van der Waals surface area contributed by atoms with Gasteiger partial charge in [0, 0.05) is 31.1 Å². The second-order valence-electron chi connectivity index (χ2n) is 7.37. The van der Waals surface area contributed by atoms with E-state index < -0.39 is 15.8 Å². The number of carbonyl (C=O) groups excluding carboxylic acids is 1. The number of nitrogens with zero attached hydrogens (tertiary/aromatic N) is 2. The first kappa shape index (κ1) is 23.6. The van der Waals surface area contributed by atoms with Gasteiger partial charge in [0.1, 0.15) is 0 Å². The number of para-hydroxylation sites is 1. The number of carbonyl (C=O) groups is 1. The maximum atomic E-state index is 13.0. The van der Waals surface area contributed by atoms with Crippen molar-refractivity contribution in [3.8, 4) is 0 Å². The van der Waals surface area contributed by atoms with E-state index in [4.69, 9.17) is 0 Å². The summed E-state index contributed by atoms with van der Waals surface area (Å²) in [4.78, 5) is 14.9. The quantitative estimate of drug-likeness (QED) is 0.628. The molecule has 2 aromatic rings. The first-order valence-corrected chi connectivity index (χ1v) is 12.1. The molecule has 1 aliphatic rings. The molecule has 1 fully saturated rings. The molecule has 6 nitrogen and oxygen atoms in total. The van der Waals surface area contributed by atoms with Crippen molar-refractivity contribution in [2.45, 2.75) is 29.4 Å². The van der Waals surface area contributed by atoms with Gasteiger partial charge >= 0.3 is 0 Å². The van der Waals surface area contributed by atoms with Gasteiger partial charge in [-0.1, -0.05) is 41.6 Å². The maximum Gasteiger partial charge on any atom is 0.288 e. The van der Waals surface area contributed by atoms with Crippen LogP contribution in [0.15, 0.2) is 52.3 Å². The molecule has 1 heterocycles. The average Bonchev–Trinajstić information content (AvgIpc) is 2.69. The second kappa shape index (κ2) is 10.1. The molecule has 2 aromatic carbocycles. The Balaban J connectivity index is 1.57. The number of alkyl halides is 2. The van der Waals surface area contributed by atoms with Crippen LogP contribution in [0.4, 0.5) is 14.5 Å². The largest absolute Gasteiger partial charge is 0.324 e. The molecule has 0 aliphatic carbocycles. The second-order valence-corrected chi connectivity index (χ2v) is 10.3. The topological polar surface area (TPSA) is 69.7 Å². The highest BCUT2D eigenvalue weighted by Crippen LogP contribution is 2.31. The van der Waals surface area contributed by atoms with E-state index in [1.807, 2.05) is 17.9 Å². The molecular weight excluding hydrogens is 444 g/mol. The lowest BCUT2D eigenvalue weighted by Crippen LogP contribution is -2.50. The standard InChI is InChI=1S/C21H25F2N3O3S2/c1-15-7-8-19(16(2)13-15)31(28,29)26-11-9-25(10-12-26)14-20(27)24-17-5-3-4-6-18(17)30-21(22)23/h3-8,13,21H,9-12,14H2,1-2H3,(H,24,27). The maximum absolute atomic E-state index is 13.0. The molecule has 0 spiro atoms. The van der Waals surface area contributed by atoms with Gasteiger partial charge in [0.25, 0.3) is 5.76 Å². The van der Waals surface area contributed by atoms with Gasteiger partial charge in [-0.15, -0.1) is 0 Å². The van der Waals surface area contributed by atoms with E-state index in [1.54, 1.807) is 37.3 Å². The molecule has 0 atom stereocenters. The number of sulfonamides is 1. The summed E-state index contributed by atoms with van der Waals surface area (Å²) >= 11 is 0.381. The molecule has 1 N–H and O–H groups in total. The minimum absolute atomic E-state index is 0.0606. The number of benzene rings is 2. The van der Waals surface area contributed by atoms with Crippen molar-refractivity contribution in [1.82, 2.24) is 9.21 Å². The summed E-state index contributed by atoms with van der Waals surface area (Å²) in [5.74, 6) is -2.90. The Morgan fingerprint density at radius 2 is 1.77 bits per heavy atom. The van der Waals surface area contributed by atoms with Crippen LogP contribution in [0.2, 0.25) is 0 Å². The summed E-state index contributed by atoms with van der Waals surface area (Å²) in [7, 11) is -3.59. The van der Waals surface area contributed by atoms with Crippen molar-refractivity contribution in [3.05, 3.63) is 53.6 Å². The van der Waals surface area contributed by atoms with E-state index in [2.05, 4.69) is 5.32 Å². The fraction of sp³-hybridized carbons (Fsp3) is 0.381. The van der Waals surface area contributed by atoms with E-state index in [0.29, 0.717) is 45.9 Å². The van der Waals surface area contributed by atoms with Crippen molar-refractivity contribution in [2.75, 3.05) is 38.0 Å². The molecule has 1 saturated heterocycles. The Morgan fingerprint density at radius 1 is 1.10 bits per heavy atom. The zero-order valence-corrected chi connectivity index (χ0v) is 19.0. The number of piperazine rings is 1. The molecule has 0 unspecified atom stereocenters. The summed E-state index contributed by atoms with van der Waals surface area (Å²) in [5, 5.41) is 2.68. The van der Waals surface area contributed by atoms with Crippen LogP contribution in [0.25, 0.3) is 0 Å². The lowest BCUT2D eigenvalue weighted by Gasteiger charge is -2.33. The minimum atomic E-state index is -3.59. The van der Waals surface area contributed by atoms with Crippen molar-refractivity contribution >= 4 is 33.4 Å². The predicted molar refractivity (Wildman–Crippen MR) is 118 cm³/mol. The third kappa shape index (κ3) is 6.03. The zero-order chi connectivity index (χ0) is 22.6. The van der Waals surface area contributed by atoms with Crippen LogP contribution in [-0.4, -0.2) is 62.0 Å². The fourth-order valence-electron chi connectivity index (χ4n) is 3.52. The third-order valence-electron chi connectivity index (χ3n) is 5.02. The highest BCUT2D eigenvalue weighted by Gasteiger charge is 2.30. The molecule has 0 saturated carbocycles. The van der Waals surface area contributed by atoms with Gasteiger partial charge in [0.15, 0.2) is 0 Å². The van der Waals surface area contributed by atoms with Gasteiger partial charge in [-0.3, -0.25) is 9.69 Å². The number of halogens is 2. The Bertz CT molecular complexity index is 1040. The molecule has 0 bridgehead atoms. The van der Waals surface area contributed by atoms with Crippen LogP contribution in [0.5, 0.6) is 0 Å². The highest BCUT2D eigenvalue weighted by atomic mass is 32.2. The lowest BCUT2D eigenvalue weighted by atomic mass is 10.2. The van der Waals surface area contributed by atoms with Crippen LogP contribution < -0.4 is 5.32 Å². The van der Waals surface area contributed by atoms with E-state index in [0.717, 1.165) is 5.56 Å². The molecular formula is C21H25F2N3O3S2. The Kier molecular flexibility index (Phi) is 7.68. The van der Waals surface area contributed by atoms with Crippen LogP contribution in [0.3, 0.4) is 0 Å². The van der Waals surface area contributed by atoms with E-state index in [9.17, 15) is 22.0 Å². The van der Waals surface area contributed by atoms with Crippen LogP contribution >= 0.6 is 11.8 Å². The number of aryl methyl sites for hydroxylation is 2. The fourth-order valence-corrected chi connectivity index (χ4v) is 5.74. The van der Waals surface area contributed by atoms with Crippen molar-refractivity contribution in [3.63, 3.8) is 0 Å². The van der Waals surface area contributed by atoms with Gasteiger partial charge in [0.2, 0.25) is 15.9 Å². The van der Waals surface area contributed by atoms with Crippen LogP contribution in [0, 0.1) is 13.8 Å². The smallest absolute Gasteiger partial charge is 0.288 e. The highest BCUT2D eigenvalue weighted by molar-refractivity contribution is 7.99. The SMILES string of the molecule is Cc1ccc(S(=O)(=O)N2CCN(CC(=O)Nc3ccccc3SC(F)F)CC2)c(C)c1. The molecule has 0 aromatic heterocycles. The summed E-state index contributed by atoms with van der Waals surface area (Å²) in [6, 6.07) is 11.7. The average molecular weight is 470 g/mol. The molecule has 31 heavy (non-hydrogen) atoms. The van der Waals surface area contributed by atoms with Crippen molar-refractivity contribution < 1.29 is 22.0 Å². The summed E-state index contributed by atoms with van der Waals surface area (Å²) in [6.45, 7) is 5.13. The normalized spacial score (nSPS) is 15.9. The van der Waals surface area contributed by atoms with Gasteiger partial charge in [-0.2, -0.15) is 13.1 Å². The molecule has 1 amide bonds. The Hall–Kier alpha value is -2.01. The first-order valence-electron chi connectivity index (χ1n) is 9.80. The number of nitrogens with one attached hydrogen (secondary N) is 1. The number of anilines is 1. The summed E-state index contributed by atoms with van der Waals surface area (Å²) in [5.41, 5.74) is 2.05. The number of hydrogen-bond acceptors (Lipinski definition) is 5. The number of amides is 1. The van der Waals surface area contributed by atoms with Gasteiger partial charge in [-0.25, -0.2) is 8.42 Å². The number of thioether (sulfide) groups is 1. The first-order chi connectivity index (χ1) is 14.7. The van der Waals surface area contributed by atoms with Crippen LogP contribution in [-0.2, 0) is 14.8 Å². The Morgan fingerprint density at radius 3 is 2.42 bits per heavy atom. The molecule has 3 rings (SSSR count). The van der Waals surface area contributed by atoms with Gasteiger partial charge in [0.05, 0.1) is 17.1 Å². The molecule has 168 valence electrons. The predicted octanol–water partition coefficient (Wildman–Crippen LogP) is 3.56. The number of rotatable bonds is 7. The van der Waals surface area contributed by atoms with E-state index in [1.165, 1.54) is 10.4 Å². The van der Waals surface area contributed by atoms with Gasteiger partial charge < -0.3 is 5.32 Å². The minimum Gasteiger partial charge on any atom is -0.324 e. The van der Waals surface area contributed by atoms with Gasteiger partial charge in [-0.05, 0) is 37.6 Å². The summed E-state index contributed by atoms with van der Waals surface area (Å²) in [6.07, 6.45) is 0. The van der Waals surface area contributed by atoms with Crippen LogP contribution in [0.1, 0.15) is 11.1 Å². The van der Waals surface area contributed by atoms with E-state index in [-0.39, 0.29) is 25.5 Å². The molecule has 0 radical (unpaired) electrons. The summed E-state index contributed by atoms with van der Waals surface area (Å²) < 4.78 is 52.8. The van der Waals surface area contributed by atoms with Crippen molar-refractivity contribution in [1.29, 1.82) is 0 Å².